The quantitative estimate of drug-likeness (QED) is 0.0241. The molecule has 5 aromatic carbocycles. The van der Waals surface area contributed by atoms with E-state index in [1.807, 2.05) is 32.0 Å². The maximum Gasteiger partial charge on any atom is 0.239 e. The average molecular weight is 800 g/mol. The second-order valence-electron chi connectivity index (χ2n) is 16.5. The summed E-state index contributed by atoms with van der Waals surface area (Å²) in [4.78, 5) is 10.1. The van der Waals surface area contributed by atoms with E-state index in [9.17, 15) is 0 Å². The van der Waals surface area contributed by atoms with Crippen molar-refractivity contribution in [3.63, 3.8) is 0 Å². The van der Waals surface area contributed by atoms with Crippen molar-refractivity contribution in [2.24, 2.45) is 10.7 Å². The highest BCUT2D eigenvalue weighted by molar-refractivity contribution is 6.01. The van der Waals surface area contributed by atoms with Gasteiger partial charge in [0.1, 0.15) is 11.0 Å². The number of nitrogen functional groups attached to an aromatic ring is 1. The number of allylic oxidation sites excluding steroid dienone is 3. The van der Waals surface area contributed by atoms with Gasteiger partial charge in [-0.2, -0.15) is 0 Å². The fraction of sp³-hybridized carbons (Fsp3) is 0.327. The van der Waals surface area contributed by atoms with Gasteiger partial charge in [-0.3, -0.25) is 4.99 Å². The van der Waals surface area contributed by atoms with E-state index in [2.05, 4.69) is 125 Å². The van der Waals surface area contributed by atoms with Crippen molar-refractivity contribution in [1.82, 2.24) is 4.98 Å². The van der Waals surface area contributed by atoms with Crippen LogP contribution in [0.15, 0.2) is 125 Å². The number of fused-ring (bicyclic) bond motifs is 2. The molecule has 0 radical (unpaired) electrons. The molecule has 8 nitrogen and oxygen atoms in total. The van der Waals surface area contributed by atoms with Crippen molar-refractivity contribution in [2.45, 2.75) is 98.3 Å². The van der Waals surface area contributed by atoms with Gasteiger partial charge in [0.05, 0.1) is 11.4 Å². The zero-order valence-electron chi connectivity index (χ0n) is 36.1. The number of hydrogen-bond donors (Lipinski definition) is 5. The maximum atomic E-state index is 6.40. The van der Waals surface area contributed by atoms with Crippen LogP contribution in [-0.4, -0.2) is 23.8 Å². The topological polar surface area (TPSA) is 117 Å². The Hall–Kier alpha value is -6.15. The minimum atomic E-state index is 0.739. The van der Waals surface area contributed by atoms with E-state index in [1.165, 1.54) is 81.0 Å². The van der Waals surface area contributed by atoms with Gasteiger partial charge in [-0.15, -0.1) is 4.57 Å². The first-order valence-electron chi connectivity index (χ1n) is 22.0. The van der Waals surface area contributed by atoms with Crippen molar-refractivity contribution in [3.8, 4) is 5.69 Å². The fourth-order valence-corrected chi connectivity index (χ4v) is 8.08. The van der Waals surface area contributed by atoms with Crippen LogP contribution in [0.2, 0.25) is 0 Å². The maximum absolute atomic E-state index is 6.40. The number of aryl methyl sites for hydroxylation is 3. The molecule has 0 atom stereocenters. The number of unbranched alkanes of at least 4 members (excludes halogenated alkanes) is 9. The summed E-state index contributed by atoms with van der Waals surface area (Å²) >= 11 is 0. The van der Waals surface area contributed by atoms with Crippen molar-refractivity contribution in [1.29, 1.82) is 0 Å². The molecule has 1 aromatic heterocycles. The lowest BCUT2D eigenvalue weighted by Gasteiger charge is -2.17. The Morgan fingerprint density at radius 2 is 1.15 bits per heavy atom. The number of nitrogens with two attached hydrogens (primary N) is 2. The number of anilines is 5. The van der Waals surface area contributed by atoms with Crippen molar-refractivity contribution in [3.05, 3.63) is 137 Å². The molecule has 6 aromatic rings. The molecule has 0 spiro atoms. The standard InChI is InChI=1S/C52H62N8/c1-36-29-41(25-26-43(36)53)58-47-31-38(3)45(34-48(47)57-40-21-15-13-16-22-40)55-27-19-11-9-7-5-6-8-10-12-20-28-56-46-35-52-50(32-39(46)4)59-49-30-37(2)44(54)33-51(49)60(52)42-23-17-14-18-24-42/h13-18,21-24,26,29-35,55,57H,5-12,19-20,25,27-28,53H2,1-4H3,(H2,54,56)/p+1. The Balaban J connectivity index is 0.816. The molecule has 0 bridgehead atoms. The van der Waals surface area contributed by atoms with Crippen LogP contribution in [-0.2, 0) is 0 Å². The largest absolute Gasteiger partial charge is 0.399 e. The first kappa shape index (κ1) is 42.0. The summed E-state index contributed by atoms with van der Waals surface area (Å²) in [5.41, 5.74) is 30.1. The van der Waals surface area contributed by atoms with Crippen molar-refractivity contribution >= 4 is 61.9 Å². The van der Waals surface area contributed by atoms with Gasteiger partial charge < -0.3 is 27.4 Å². The van der Waals surface area contributed by atoms with Gasteiger partial charge in [0.15, 0.2) is 0 Å². The molecule has 0 saturated carbocycles. The SMILES string of the molecule is CC1=CC(=Nc2cc(C)c(NCCCCCCCCCCCCNc3cc4c(cc3C)nc3cc(C)c(N)cc3[n+]4-c3ccccc3)cc2Nc2ccccc2)CC=C1N. The van der Waals surface area contributed by atoms with Crippen LogP contribution in [0.5, 0.6) is 0 Å². The van der Waals surface area contributed by atoms with Crippen LogP contribution < -0.4 is 32.0 Å². The number of hydrogen-bond acceptors (Lipinski definition) is 7. The van der Waals surface area contributed by atoms with Crippen LogP contribution in [0.25, 0.3) is 27.8 Å². The second kappa shape index (κ2) is 20.2. The minimum absolute atomic E-state index is 0.739. The molecular weight excluding hydrogens is 737 g/mol. The van der Waals surface area contributed by atoms with E-state index in [0.717, 1.165) is 98.2 Å². The number of rotatable bonds is 19. The van der Waals surface area contributed by atoms with Gasteiger partial charge in [-0.1, -0.05) is 93.8 Å². The van der Waals surface area contributed by atoms with Crippen LogP contribution in [0, 0.1) is 20.8 Å². The van der Waals surface area contributed by atoms with E-state index in [-0.39, 0.29) is 0 Å². The molecule has 60 heavy (non-hydrogen) atoms. The normalized spacial score (nSPS) is 13.4. The number of nitrogens with zero attached hydrogens (tertiary/aromatic N) is 3. The first-order chi connectivity index (χ1) is 29.2. The Morgan fingerprint density at radius 3 is 1.78 bits per heavy atom. The Kier molecular flexibility index (Phi) is 14.1. The fourth-order valence-electron chi connectivity index (χ4n) is 8.08. The molecule has 1 heterocycles. The number of para-hydroxylation sites is 2. The van der Waals surface area contributed by atoms with E-state index in [1.54, 1.807) is 0 Å². The van der Waals surface area contributed by atoms with Crippen LogP contribution in [0.4, 0.5) is 34.1 Å². The van der Waals surface area contributed by atoms with Crippen molar-refractivity contribution < 1.29 is 4.57 Å². The molecule has 310 valence electrons. The zero-order chi connectivity index (χ0) is 41.8. The van der Waals surface area contributed by atoms with Crippen LogP contribution >= 0.6 is 0 Å². The molecule has 7 N–H and O–H groups in total. The average Bonchev–Trinajstić information content (AvgIpc) is 3.24. The summed E-state index contributed by atoms with van der Waals surface area (Å²) in [6.07, 6.45) is 17.6. The van der Waals surface area contributed by atoms with Gasteiger partial charge >= 0.3 is 0 Å². The Bertz CT molecular complexity index is 2500. The summed E-state index contributed by atoms with van der Waals surface area (Å²) in [5.74, 6) is 0. The monoisotopic (exact) mass is 800 g/mol. The zero-order valence-corrected chi connectivity index (χ0v) is 36.1. The lowest BCUT2D eigenvalue weighted by molar-refractivity contribution is -0.538. The lowest BCUT2D eigenvalue weighted by atomic mass is 10.0. The van der Waals surface area contributed by atoms with Crippen LogP contribution in [0.3, 0.4) is 0 Å². The summed E-state index contributed by atoms with van der Waals surface area (Å²) in [7, 11) is 0. The third kappa shape index (κ3) is 10.7. The van der Waals surface area contributed by atoms with Gasteiger partial charge in [-0.25, -0.2) is 4.98 Å². The molecule has 0 fully saturated rings. The molecule has 7 rings (SSSR count). The van der Waals surface area contributed by atoms with Crippen LogP contribution in [0.1, 0.15) is 94.2 Å². The highest BCUT2D eigenvalue weighted by Gasteiger charge is 2.22. The molecule has 0 amide bonds. The summed E-state index contributed by atoms with van der Waals surface area (Å²) in [6, 6.07) is 33.8. The summed E-state index contributed by atoms with van der Waals surface area (Å²) < 4.78 is 2.29. The van der Waals surface area contributed by atoms with E-state index >= 15 is 0 Å². The number of benzene rings is 5. The highest BCUT2D eigenvalue weighted by Crippen LogP contribution is 2.35. The number of aliphatic imine (C=N–C) groups is 1. The van der Waals surface area contributed by atoms with E-state index < -0.39 is 0 Å². The van der Waals surface area contributed by atoms with Gasteiger partial charge in [0, 0.05) is 77.9 Å². The van der Waals surface area contributed by atoms with Gasteiger partial charge in [-0.05, 0) is 105 Å². The minimum Gasteiger partial charge on any atom is -0.399 e. The van der Waals surface area contributed by atoms with Gasteiger partial charge in [0.25, 0.3) is 0 Å². The molecular formula is C52H63N8+. The summed E-state index contributed by atoms with van der Waals surface area (Å²) in [6.45, 7) is 10.4. The molecule has 1 aliphatic carbocycles. The molecule has 0 aliphatic heterocycles. The molecule has 8 heteroatoms. The number of aromatic nitrogens is 2. The molecule has 1 aliphatic rings. The lowest BCUT2D eigenvalue weighted by Crippen LogP contribution is -2.33. The molecule has 0 saturated heterocycles. The van der Waals surface area contributed by atoms with Crippen molar-refractivity contribution in [2.75, 3.05) is 34.8 Å². The highest BCUT2D eigenvalue weighted by atomic mass is 15.0. The smallest absolute Gasteiger partial charge is 0.239 e. The first-order valence-corrected chi connectivity index (χ1v) is 22.0. The third-order valence-electron chi connectivity index (χ3n) is 11.7. The van der Waals surface area contributed by atoms with E-state index in [0.29, 0.717) is 0 Å². The Morgan fingerprint density at radius 1 is 0.600 bits per heavy atom. The number of nitrogens with one attached hydrogen (secondary N) is 3. The summed E-state index contributed by atoms with van der Waals surface area (Å²) in [5, 5.41) is 11.1. The Labute approximate surface area is 356 Å². The second-order valence-corrected chi connectivity index (χ2v) is 16.5. The predicted molar refractivity (Wildman–Crippen MR) is 256 cm³/mol. The van der Waals surface area contributed by atoms with E-state index in [4.69, 9.17) is 21.4 Å². The van der Waals surface area contributed by atoms with Gasteiger partial charge in [0.2, 0.25) is 16.7 Å². The molecule has 0 unspecified atom stereocenters. The third-order valence-corrected chi connectivity index (χ3v) is 11.7. The predicted octanol–water partition coefficient (Wildman–Crippen LogP) is 12.6.